The summed E-state index contributed by atoms with van der Waals surface area (Å²) >= 11 is 2.00. The smallest absolute Gasteiger partial charge is 0.159 e. The molecule has 7 aromatic carbocycles. The van der Waals surface area contributed by atoms with Gasteiger partial charge < -0.3 is 14.6 Å². The minimum atomic E-state index is -0.311. The standard InChI is InChI=1S/C50H33N3OS/c1-2-12-30(13-3-1)31-24-26-32(27-25-31)47-35-15-4-7-19-39(35)51-50(52-47)38-18-11-22-43-45(38)37-17-10-21-42(48(37)54-43)53-40-20-8-5-16-36(40)46-41(53)29-28-34-33-14-6-9-23-44(33)55-49(34)46/h1-29,46,49-50,52H. The molecule has 0 saturated heterocycles. The van der Waals surface area contributed by atoms with Crippen LogP contribution in [0, 0.1) is 0 Å². The fourth-order valence-electron chi connectivity index (χ4n) is 9.22. The SMILES string of the molecule is C1=C2c3ccccc3SC2C2C(=C1)N(c1cccc3c1oc1cccc(C4N=c5ccccc5=C(c5ccc(-c6ccccc6)cc5)N4)c13)c1ccccc12. The van der Waals surface area contributed by atoms with Crippen LogP contribution in [-0.4, -0.2) is 5.25 Å². The van der Waals surface area contributed by atoms with E-state index in [2.05, 4.69) is 186 Å². The topological polar surface area (TPSA) is 40.8 Å². The summed E-state index contributed by atoms with van der Waals surface area (Å²) in [6.07, 6.45) is 4.38. The second-order valence-corrected chi connectivity index (χ2v) is 15.8. The highest BCUT2D eigenvalue weighted by molar-refractivity contribution is 8.01. The van der Waals surface area contributed by atoms with Crippen molar-refractivity contribution in [2.24, 2.45) is 4.99 Å². The van der Waals surface area contributed by atoms with Crippen molar-refractivity contribution in [2.75, 3.05) is 4.90 Å². The van der Waals surface area contributed by atoms with Crippen LogP contribution in [0.5, 0.6) is 0 Å². The summed E-state index contributed by atoms with van der Waals surface area (Å²) in [5.74, 6) is 0.241. The molecule has 3 atom stereocenters. The molecule has 1 aromatic heterocycles. The lowest BCUT2D eigenvalue weighted by Gasteiger charge is -2.29. The van der Waals surface area contributed by atoms with Crippen LogP contribution in [0.15, 0.2) is 196 Å². The molecule has 0 saturated carbocycles. The Morgan fingerprint density at radius 3 is 2.25 bits per heavy atom. The van der Waals surface area contributed by atoms with Crippen molar-refractivity contribution >= 4 is 56.3 Å². The quantitative estimate of drug-likeness (QED) is 0.196. The molecule has 4 aliphatic rings. The third kappa shape index (κ3) is 4.63. The molecule has 0 amide bonds. The number of anilines is 2. The lowest BCUT2D eigenvalue weighted by Crippen LogP contribution is -2.39. The second kappa shape index (κ2) is 12.0. The summed E-state index contributed by atoms with van der Waals surface area (Å²) in [7, 11) is 0. The van der Waals surface area contributed by atoms with Crippen molar-refractivity contribution in [1.82, 2.24) is 5.32 Å². The van der Waals surface area contributed by atoms with E-state index in [0.717, 1.165) is 55.0 Å². The van der Waals surface area contributed by atoms with Gasteiger partial charge in [-0.05, 0) is 69.8 Å². The zero-order valence-corrected chi connectivity index (χ0v) is 30.5. The Balaban J connectivity index is 0.980. The van der Waals surface area contributed by atoms with E-state index in [9.17, 15) is 0 Å². The van der Waals surface area contributed by atoms with E-state index in [1.807, 2.05) is 11.8 Å². The van der Waals surface area contributed by atoms with Crippen molar-refractivity contribution in [2.45, 2.75) is 22.2 Å². The molecule has 3 aliphatic heterocycles. The van der Waals surface area contributed by atoms with Gasteiger partial charge in [0.2, 0.25) is 0 Å². The zero-order chi connectivity index (χ0) is 36.0. The van der Waals surface area contributed by atoms with Gasteiger partial charge in [-0.15, -0.1) is 11.8 Å². The monoisotopic (exact) mass is 723 g/mol. The first-order valence-corrected chi connectivity index (χ1v) is 19.8. The number of furan rings is 1. The van der Waals surface area contributed by atoms with Gasteiger partial charge in [-0.25, -0.2) is 0 Å². The number of para-hydroxylation sites is 3. The normalized spacial score (nSPS) is 19.1. The third-order valence-electron chi connectivity index (χ3n) is 11.7. The molecule has 12 rings (SSSR count). The molecular weight excluding hydrogens is 691 g/mol. The van der Waals surface area contributed by atoms with E-state index in [1.54, 1.807) is 0 Å². The van der Waals surface area contributed by atoms with Gasteiger partial charge in [0.05, 0.1) is 16.7 Å². The molecule has 55 heavy (non-hydrogen) atoms. The van der Waals surface area contributed by atoms with Crippen LogP contribution in [0.2, 0.25) is 0 Å². The van der Waals surface area contributed by atoms with Crippen LogP contribution in [0.3, 0.4) is 0 Å². The van der Waals surface area contributed by atoms with Gasteiger partial charge in [0.1, 0.15) is 11.7 Å². The van der Waals surface area contributed by atoms with E-state index < -0.39 is 0 Å². The van der Waals surface area contributed by atoms with Crippen molar-refractivity contribution in [3.8, 4) is 11.1 Å². The number of hydrogen-bond acceptors (Lipinski definition) is 5. The maximum Gasteiger partial charge on any atom is 0.159 e. The Morgan fingerprint density at radius 2 is 1.33 bits per heavy atom. The first-order chi connectivity index (χ1) is 27.3. The number of thioether (sulfide) groups is 1. The van der Waals surface area contributed by atoms with Gasteiger partial charge in [-0.3, -0.25) is 4.99 Å². The first-order valence-electron chi connectivity index (χ1n) is 18.9. The Kier molecular flexibility index (Phi) is 6.72. The molecule has 0 spiro atoms. The molecule has 4 heterocycles. The van der Waals surface area contributed by atoms with Crippen molar-refractivity contribution in [1.29, 1.82) is 0 Å². The minimum absolute atomic E-state index is 0.241. The fourth-order valence-corrected chi connectivity index (χ4v) is 10.7. The zero-order valence-electron chi connectivity index (χ0n) is 29.7. The number of nitrogens with zero attached hydrogens (tertiary/aromatic N) is 2. The predicted octanol–water partition coefficient (Wildman–Crippen LogP) is 11.0. The maximum atomic E-state index is 6.93. The van der Waals surface area contributed by atoms with Crippen molar-refractivity contribution in [3.63, 3.8) is 0 Å². The Bertz CT molecular complexity index is 3070. The number of rotatable bonds is 4. The molecule has 0 radical (unpaired) electrons. The lowest BCUT2D eigenvalue weighted by molar-refractivity contribution is 0.636. The van der Waals surface area contributed by atoms with Crippen LogP contribution < -0.4 is 20.8 Å². The van der Waals surface area contributed by atoms with Gasteiger partial charge in [0.15, 0.2) is 5.58 Å². The van der Waals surface area contributed by atoms with Crippen molar-refractivity contribution in [3.05, 3.63) is 214 Å². The Morgan fingerprint density at radius 1 is 0.600 bits per heavy atom. The Labute approximate surface area is 322 Å². The van der Waals surface area contributed by atoms with Crippen LogP contribution in [-0.2, 0) is 0 Å². The van der Waals surface area contributed by atoms with E-state index in [1.165, 1.54) is 44.1 Å². The van der Waals surface area contributed by atoms with Crippen LogP contribution in [0.4, 0.5) is 11.4 Å². The molecule has 3 unspecified atom stereocenters. The molecule has 8 aromatic rings. The van der Waals surface area contributed by atoms with Gasteiger partial charge in [0, 0.05) is 49.0 Å². The molecule has 1 aliphatic carbocycles. The Hall–Kier alpha value is -6.56. The first kappa shape index (κ1) is 30.9. The van der Waals surface area contributed by atoms with Crippen LogP contribution in [0.25, 0.3) is 44.3 Å². The fraction of sp³-hybridized carbons (Fsp3) is 0.0600. The van der Waals surface area contributed by atoms with E-state index >= 15 is 0 Å². The number of fused-ring (bicyclic) bond motifs is 11. The van der Waals surface area contributed by atoms with Gasteiger partial charge in [0.25, 0.3) is 0 Å². The number of allylic oxidation sites excluding steroid dienone is 3. The highest BCUT2D eigenvalue weighted by Crippen LogP contribution is 2.61. The summed E-state index contributed by atoms with van der Waals surface area (Å²) in [4.78, 5) is 9.14. The predicted molar refractivity (Wildman–Crippen MR) is 225 cm³/mol. The largest absolute Gasteiger partial charge is 0.454 e. The molecule has 4 nitrogen and oxygen atoms in total. The number of nitrogens with one attached hydrogen (secondary N) is 1. The average molecular weight is 724 g/mol. The second-order valence-electron chi connectivity index (χ2n) is 14.6. The van der Waals surface area contributed by atoms with Crippen LogP contribution >= 0.6 is 11.8 Å². The number of hydrogen-bond donors (Lipinski definition) is 1. The van der Waals surface area contributed by atoms with E-state index in [-0.39, 0.29) is 12.1 Å². The molecule has 5 heteroatoms. The van der Waals surface area contributed by atoms with Crippen molar-refractivity contribution < 1.29 is 4.42 Å². The van der Waals surface area contributed by atoms with E-state index in [4.69, 9.17) is 9.41 Å². The molecule has 0 bridgehead atoms. The summed E-state index contributed by atoms with van der Waals surface area (Å²) in [5, 5.41) is 8.45. The van der Waals surface area contributed by atoms with Gasteiger partial charge in [-0.2, -0.15) is 0 Å². The summed E-state index contributed by atoms with van der Waals surface area (Å²) in [5.41, 5.74) is 15.2. The lowest BCUT2D eigenvalue weighted by atomic mass is 9.85. The highest BCUT2D eigenvalue weighted by atomic mass is 32.2. The maximum absolute atomic E-state index is 6.93. The van der Waals surface area contributed by atoms with E-state index in [0.29, 0.717) is 5.25 Å². The minimum Gasteiger partial charge on any atom is -0.454 e. The molecule has 260 valence electrons. The summed E-state index contributed by atoms with van der Waals surface area (Å²) in [6, 6.07) is 58.5. The highest BCUT2D eigenvalue weighted by Gasteiger charge is 2.46. The summed E-state index contributed by atoms with van der Waals surface area (Å²) < 4.78 is 6.93. The average Bonchev–Trinajstić information content (AvgIpc) is 3.93. The molecular formula is C50H33N3OS. The van der Waals surface area contributed by atoms with Gasteiger partial charge in [-0.1, -0.05) is 140 Å². The molecule has 0 fully saturated rings. The molecule has 1 N–H and O–H groups in total. The number of benzene rings is 7. The third-order valence-corrected chi connectivity index (χ3v) is 13.0. The van der Waals surface area contributed by atoms with Gasteiger partial charge >= 0.3 is 0 Å². The summed E-state index contributed by atoms with van der Waals surface area (Å²) in [6.45, 7) is 0. The van der Waals surface area contributed by atoms with Crippen LogP contribution in [0.1, 0.15) is 34.3 Å².